The van der Waals surface area contributed by atoms with Crippen LogP contribution in [-0.2, 0) is 0 Å². The van der Waals surface area contributed by atoms with Crippen LogP contribution in [0.3, 0.4) is 0 Å². The van der Waals surface area contributed by atoms with E-state index in [1.165, 1.54) is 0 Å². The number of hydrogen-bond acceptors (Lipinski definition) is 4. The lowest BCUT2D eigenvalue weighted by atomic mass is 10.2. The van der Waals surface area contributed by atoms with Crippen molar-refractivity contribution in [2.75, 3.05) is 18.5 Å². The average Bonchev–Trinajstić information content (AvgIpc) is 2.49. The highest BCUT2D eigenvalue weighted by Crippen LogP contribution is 2.26. The zero-order valence-electron chi connectivity index (χ0n) is 11.3. The number of nitrogens with one attached hydrogen (secondary N) is 1. The molecule has 0 spiro atoms. The highest BCUT2D eigenvalue weighted by molar-refractivity contribution is 14.1. The van der Waals surface area contributed by atoms with Crippen LogP contribution in [0.2, 0.25) is 0 Å². The van der Waals surface area contributed by atoms with Gasteiger partial charge < -0.3 is 10.1 Å². The van der Waals surface area contributed by atoms with E-state index in [2.05, 4.69) is 27.9 Å². The van der Waals surface area contributed by atoms with Gasteiger partial charge in [0.1, 0.15) is 11.4 Å². The Bertz CT molecular complexity index is 605. The standard InChI is InChI=1S/C15H15IN2O3/c16-12-7-8-14(15(11-12)18(19)20)17-9-4-10-21-13-5-2-1-3-6-13/h1-3,5-8,11,17H,4,9-10H2. The van der Waals surface area contributed by atoms with E-state index < -0.39 is 0 Å². The summed E-state index contributed by atoms with van der Waals surface area (Å²) in [5.74, 6) is 0.831. The second-order valence-electron chi connectivity index (χ2n) is 4.36. The maximum absolute atomic E-state index is 11.0. The van der Waals surface area contributed by atoms with E-state index >= 15 is 0 Å². The van der Waals surface area contributed by atoms with Gasteiger partial charge in [0.25, 0.3) is 5.69 Å². The van der Waals surface area contributed by atoms with Crippen LogP contribution in [0, 0.1) is 13.7 Å². The fraction of sp³-hybridized carbons (Fsp3) is 0.200. The molecule has 0 aliphatic carbocycles. The van der Waals surface area contributed by atoms with Gasteiger partial charge in [0.05, 0.1) is 11.5 Å². The Morgan fingerprint density at radius 2 is 1.95 bits per heavy atom. The molecule has 5 nitrogen and oxygen atoms in total. The summed E-state index contributed by atoms with van der Waals surface area (Å²) in [6.45, 7) is 1.18. The van der Waals surface area contributed by atoms with Gasteiger partial charge in [0.15, 0.2) is 0 Å². The van der Waals surface area contributed by atoms with Gasteiger partial charge in [-0.25, -0.2) is 0 Å². The second-order valence-corrected chi connectivity index (χ2v) is 5.61. The van der Waals surface area contributed by atoms with Gasteiger partial charge in [0.2, 0.25) is 0 Å². The Hall–Kier alpha value is -1.83. The Labute approximate surface area is 136 Å². The maximum atomic E-state index is 11.0. The number of hydrogen-bond donors (Lipinski definition) is 1. The molecule has 21 heavy (non-hydrogen) atoms. The average molecular weight is 398 g/mol. The van der Waals surface area contributed by atoms with Crippen LogP contribution < -0.4 is 10.1 Å². The summed E-state index contributed by atoms with van der Waals surface area (Å²) in [6.07, 6.45) is 0.762. The minimum absolute atomic E-state index is 0.103. The van der Waals surface area contributed by atoms with E-state index in [0.29, 0.717) is 18.8 Å². The van der Waals surface area contributed by atoms with Crippen LogP contribution in [-0.4, -0.2) is 18.1 Å². The van der Waals surface area contributed by atoms with Gasteiger partial charge in [-0.15, -0.1) is 0 Å². The van der Waals surface area contributed by atoms with Crippen molar-refractivity contribution in [1.82, 2.24) is 0 Å². The predicted molar refractivity (Wildman–Crippen MR) is 90.9 cm³/mol. The van der Waals surface area contributed by atoms with E-state index in [-0.39, 0.29) is 10.6 Å². The largest absolute Gasteiger partial charge is 0.494 e. The van der Waals surface area contributed by atoms with Crippen molar-refractivity contribution in [3.63, 3.8) is 0 Å². The first-order valence-electron chi connectivity index (χ1n) is 6.52. The summed E-state index contributed by atoms with van der Waals surface area (Å²) in [7, 11) is 0. The van der Waals surface area contributed by atoms with Crippen molar-refractivity contribution in [2.24, 2.45) is 0 Å². The van der Waals surface area contributed by atoms with Crippen LogP contribution >= 0.6 is 22.6 Å². The zero-order chi connectivity index (χ0) is 15.1. The van der Waals surface area contributed by atoms with Crippen LogP contribution in [0.4, 0.5) is 11.4 Å². The molecule has 0 fully saturated rings. The summed E-state index contributed by atoms with van der Waals surface area (Å²) < 4.78 is 6.41. The molecule has 0 radical (unpaired) electrons. The van der Waals surface area contributed by atoms with Gasteiger partial charge in [-0.1, -0.05) is 18.2 Å². The number of ether oxygens (including phenoxy) is 1. The number of nitro benzene ring substituents is 1. The molecule has 6 heteroatoms. The number of nitrogens with zero attached hydrogens (tertiary/aromatic N) is 1. The molecule has 2 aromatic rings. The first-order valence-corrected chi connectivity index (χ1v) is 7.60. The number of halogens is 1. The van der Waals surface area contributed by atoms with Gasteiger partial charge in [-0.05, 0) is 53.3 Å². The van der Waals surface area contributed by atoms with E-state index in [1.807, 2.05) is 36.4 Å². The normalized spacial score (nSPS) is 10.1. The maximum Gasteiger partial charge on any atom is 0.293 e. The fourth-order valence-corrected chi connectivity index (χ4v) is 2.28. The van der Waals surface area contributed by atoms with Crippen LogP contribution in [0.15, 0.2) is 48.5 Å². The summed E-state index contributed by atoms with van der Waals surface area (Å²) in [6, 6.07) is 14.7. The van der Waals surface area contributed by atoms with Crippen molar-refractivity contribution in [3.05, 3.63) is 62.2 Å². The lowest BCUT2D eigenvalue weighted by Crippen LogP contribution is -2.08. The molecule has 0 atom stereocenters. The zero-order valence-corrected chi connectivity index (χ0v) is 13.4. The summed E-state index contributed by atoms with van der Waals surface area (Å²) in [5, 5.41) is 14.1. The smallest absolute Gasteiger partial charge is 0.293 e. The van der Waals surface area contributed by atoms with E-state index in [0.717, 1.165) is 15.7 Å². The van der Waals surface area contributed by atoms with Crippen LogP contribution in [0.1, 0.15) is 6.42 Å². The monoisotopic (exact) mass is 398 g/mol. The fourth-order valence-electron chi connectivity index (χ4n) is 1.81. The molecular weight excluding hydrogens is 383 g/mol. The van der Waals surface area contributed by atoms with Crippen LogP contribution in [0.25, 0.3) is 0 Å². The quantitative estimate of drug-likeness (QED) is 0.331. The highest BCUT2D eigenvalue weighted by Gasteiger charge is 2.13. The molecule has 0 amide bonds. The molecule has 2 aromatic carbocycles. The molecule has 0 aliphatic rings. The van der Waals surface area contributed by atoms with E-state index in [9.17, 15) is 10.1 Å². The predicted octanol–water partition coefficient (Wildman–Crippen LogP) is 4.08. The molecule has 1 N–H and O–H groups in total. The van der Waals surface area contributed by atoms with Gasteiger partial charge in [-0.2, -0.15) is 0 Å². The Kier molecular flexibility index (Phi) is 5.79. The molecule has 0 saturated heterocycles. The van der Waals surface area contributed by atoms with Crippen molar-refractivity contribution < 1.29 is 9.66 Å². The third-order valence-corrected chi connectivity index (χ3v) is 3.48. The van der Waals surface area contributed by atoms with Crippen molar-refractivity contribution in [3.8, 4) is 5.75 Å². The van der Waals surface area contributed by atoms with E-state index in [1.54, 1.807) is 12.1 Å². The molecule has 0 heterocycles. The number of nitro groups is 1. The number of benzene rings is 2. The molecule has 0 aliphatic heterocycles. The van der Waals surface area contributed by atoms with Crippen LogP contribution in [0.5, 0.6) is 5.75 Å². The number of rotatable bonds is 7. The minimum Gasteiger partial charge on any atom is -0.494 e. The second kappa shape index (κ2) is 7.82. The van der Waals surface area contributed by atoms with E-state index in [4.69, 9.17) is 4.74 Å². The van der Waals surface area contributed by atoms with Crippen molar-refractivity contribution in [1.29, 1.82) is 0 Å². The molecule has 0 unspecified atom stereocenters. The van der Waals surface area contributed by atoms with Gasteiger partial charge in [-0.3, -0.25) is 10.1 Å². The first-order chi connectivity index (χ1) is 10.2. The molecule has 110 valence electrons. The van der Waals surface area contributed by atoms with Crippen molar-refractivity contribution in [2.45, 2.75) is 6.42 Å². The lowest BCUT2D eigenvalue weighted by Gasteiger charge is -2.08. The first kappa shape index (κ1) is 15.6. The van der Waals surface area contributed by atoms with Gasteiger partial charge >= 0.3 is 0 Å². The summed E-state index contributed by atoms with van der Waals surface area (Å²) in [4.78, 5) is 10.6. The van der Waals surface area contributed by atoms with Gasteiger partial charge in [0, 0.05) is 16.2 Å². The lowest BCUT2D eigenvalue weighted by molar-refractivity contribution is -0.384. The van der Waals surface area contributed by atoms with Crippen molar-refractivity contribution >= 4 is 34.0 Å². The summed E-state index contributed by atoms with van der Waals surface area (Å²) >= 11 is 2.06. The SMILES string of the molecule is O=[N+]([O-])c1cc(I)ccc1NCCCOc1ccccc1. The molecule has 0 bridgehead atoms. The topological polar surface area (TPSA) is 64.4 Å². The molecule has 2 rings (SSSR count). The number of anilines is 1. The third kappa shape index (κ3) is 4.89. The Balaban J connectivity index is 1.80. The Morgan fingerprint density at radius 3 is 2.67 bits per heavy atom. The minimum atomic E-state index is -0.370. The molecule has 0 saturated carbocycles. The molecular formula is C15H15IN2O3. The highest BCUT2D eigenvalue weighted by atomic mass is 127. The Morgan fingerprint density at radius 1 is 1.19 bits per heavy atom. The summed E-state index contributed by atoms with van der Waals surface area (Å²) in [5.41, 5.74) is 0.644. The molecule has 0 aromatic heterocycles. The number of para-hydroxylation sites is 1. The third-order valence-electron chi connectivity index (χ3n) is 2.80.